The van der Waals surface area contributed by atoms with E-state index in [0.717, 1.165) is 49.7 Å². The molecule has 284 valence electrons. The maximum atomic E-state index is 12.4. The van der Waals surface area contributed by atoms with E-state index in [1.165, 1.54) is 76.9 Å². The van der Waals surface area contributed by atoms with E-state index in [0.29, 0.717) is 45.3 Å². The summed E-state index contributed by atoms with van der Waals surface area (Å²) < 4.78 is 29.8. The lowest BCUT2D eigenvalue weighted by Crippen LogP contribution is -2.68. The van der Waals surface area contributed by atoms with Crippen LogP contribution >= 0.6 is 0 Å². The van der Waals surface area contributed by atoms with Gasteiger partial charge in [-0.3, -0.25) is 4.90 Å². The molecule has 2 saturated heterocycles. The monoisotopic (exact) mass is 720 g/mol. The highest BCUT2D eigenvalue weighted by Gasteiger charge is 2.71. The van der Waals surface area contributed by atoms with Crippen LogP contribution in [0.4, 0.5) is 0 Å². The summed E-state index contributed by atoms with van der Waals surface area (Å²) in [6.07, 6.45) is 14.1. The molecule has 2 bridgehead atoms. The fraction of sp³-hybridized carbons (Fsp3) is 0.841. The van der Waals surface area contributed by atoms with Crippen LogP contribution in [-0.4, -0.2) is 68.6 Å². The average Bonchev–Trinajstić information content (AvgIpc) is 3.75. The van der Waals surface area contributed by atoms with Crippen molar-refractivity contribution in [3.8, 4) is 0 Å². The first-order chi connectivity index (χ1) is 24.0. The molecule has 0 spiro atoms. The molecule has 5 aliphatic carbocycles. The zero-order valence-corrected chi connectivity index (χ0v) is 33.9. The number of nitrogens with one attached hydrogen (secondary N) is 1. The fourth-order valence-corrected chi connectivity index (χ4v) is 17.9. The van der Waals surface area contributed by atoms with Crippen molar-refractivity contribution in [2.24, 2.45) is 57.2 Å². The Morgan fingerprint density at radius 1 is 0.902 bits per heavy atom. The summed E-state index contributed by atoms with van der Waals surface area (Å²) in [7, 11) is -1.39. The minimum atomic E-state index is -2.85. The van der Waals surface area contributed by atoms with Crippen molar-refractivity contribution in [1.29, 1.82) is 0 Å². The van der Waals surface area contributed by atoms with E-state index in [-0.39, 0.29) is 28.2 Å². The first-order valence-corrected chi connectivity index (χ1v) is 22.6. The molecule has 51 heavy (non-hydrogen) atoms. The molecule has 7 heteroatoms. The molecule has 6 nitrogen and oxygen atoms in total. The van der Waals surface area contributed by atoms with E-state index in [1.807, 2.05) is 12.1 Å². The van der Waals surface area contributed by atoms with Gasteiger partial charge in [0.1, 0.15) is 0 Å². The zero-order valence-electron chi connectivity index (χ0n) is 33.1. The summed E-state index contributed by atoms with van der Waals surface area (Å²) >= 11 is 0. The van der Waals surface area contributed by atoms with E-state index < -0.39 is 9.84 Å². The van der Waals surface area contributed by atoms with Gasteiger partial charge in [-0.2, -0.15) is 0 Å². The lowest BCUT2D eigenvalue weighted by Gasteiger charge is -2.73. The predicted octanol–water partition coefficient (Wildman–Crippen LogP) is 8.51. The van der Waals surface area contributed by atoms with E-state index in [2.05, 4.69) is 70.8 Å². The van der Waals surface area contributed by atoms with Gasteiger partial charge in [-0.05, 0) is 151 Å². The third-order valence-corrected chi connectivity index (χ3v) is 20.6. The van der Waals surface area contributed by atoms with Crippen LogP contribution in [0.25, 0.3) is 0 Å². The van der Waals surface area contributed by atoms with E-state index >= 15 is 0 Å². The van der Waals surface area contributed by atoms with Crippen molar-refractivity contribution in [2.45, 2.75) is 142 Å². The molecule has 1 aromatic rings. The number of sulfone groups is 1. The average molecular weight is 721 g/mol. The van der Waals surface area contributed by atoms with Crippen molar-refractivity contribution < 1.29 is 17.9 Å². The molecule has 8 rings (SSSR count). The molecular formula is C44H68N2O4S. The number of methoxy groups -OCH3 is 1. The van der Waals surface area contributed by atoms with Crippen LogP contribution in [-0.2, 0) is 14.6 Å². The van der Waals surface area contributed by atoms with Gasteiger partial charge in [0.15, 0.2) is 9.84 Å². The smallest absolute Gasteiger partial charge is 0.337 e. The Labute approximate surface area is 309 Å². The highest BCUT2D eigenvalue weighted by molar-refractivity contribution is 7.92. The SMILES string of the molecule is COC(=O)c1ccc(C2CC[C@]3(C)[C@H]4CC[C@@H]5[C@H]6[C@H](C(C)C)CC[C@]6(NCCN6C[C@@H]7C[C@H]6CS7(=O)=O)CC[C@@]5(C)[C@]4(C)CC[C@H]3C2(C)C)cc1. The number of benzene rings is 1. The maximum Gasteiger partial charge on any atom is 0.337 e. The number of hydrogen-bond acceptors (Lipinski definition) is 6. The quantitative estimate of drug-likeness (QED) is 0.285. The number of hydrogen-bond donors (Lipinski definition) is 1. The highest BCUT2D eigenvalue weighted by Crippen LogP contribution is 2.77. The van der Waals surface area contributed by atoms with Gasteiger partial charge < -0.3 is 10.1 Å². The Hall–Kier alpha value is -1.44. The topological polar surface area (TPSA) is 75.7 Å². The highest BCUT2D eigenvalue weighted by atomic mass is 32.2. The lowest BCUT2D eigenvalue weighted by atomic mass is 9.32. The number of ether oxygens (including phenoxy) is 1. The molecule has 1 N–H and O–H groups in total. The molecule has 2 heterocycles. The summed E-state index contributed by atoms with van der Waals surface area (Å²) in [5.41, 5.74) is 3.50. The Balaban J connectivity index is 1.02. The van der Waals surface area contributed by atoms with Crippen molar-refractivity contribution >= 4 is 15.8 Å². The Morgan fingerprint density at radius 2 is 1.65 bits per heavy atom. The number of carbonyl (C=O) groups is 1. The van der Waals surface area contributed by atoms with E-state index in [4.69, 9.17) is 4.74 Å². The van der Waals surface area contributed by atoms with Gasteiger partial charge in [0, 0.05) is 31.2 Å². The summed E-state index contributed by atoms with van der Waals surface area (Å²) in [5, 5.41) is 4.19. The second-order valence-electron chi connectivity index (χ2n) is 20.6. The van der Waals surface area contributed by atoms with Crippen LogP contribution in [0.15, 0.2) is 24.3 Å². The number of rotatable bonds is 7. The third-order valence-electron chi connectivity index (χ3n) is 18.4. The molecule has 2 aliphatic heterocycles. The Kier molecular flexibility index (Phi) is 8.80. The summed E-state index contributed by atoms with van der Waals surface area (Å²) in [6.45, 7) is 21.1. The molecule has 1 aromatic carbocycles. The summed E-state index contributed by atoms with van der Waals surface area (Å²) in [6, 6.07) is 8.60. The standard InChI is InChI=1S/C44H68N2O4S/c1-28(2)33-15-20-44(45-23-24-46-26-32-25-31(46)27-51(32,48)49)22-21-42(6)35(38(33)44)13-14-37-41(5)18-16-34(29-9-11-30(12-10-29)39(47)50-8)40(3,4)36(41)17-19-43(37,42)7/h9-12,28,31-38,45H,13-27H2,1-8H3/t31-,32-,33-,34?,35+,36-,37+,38+,41-,42+,43+,44-/m0/s1. The molecule has 5 saturated carbocycles. The van der Waals surface area contributed by atoms with Crippen LogP contribution in [0.5, 0.6) is 0 Å². The van der Waals surface area contributed by atoms with Gasteiger partial charge in [0.2, 0.25) is 0 Å². The molecule has 0 radical (unpaired) electrons. The number of esters is 1. The molecule has 1 unspecified atom stereocenters. The van der Waals surface area contributed by atoms with Crippen LogP contribution < -0.4 is 5.32 Å². The van der Waals surface area contributed by atoms with Gasteiger partial charge in [0.05, 0.1) is 23.7 Å². The van der Waals surface area contributed by atoms with Crippen LogP contribution in [0.1, 0.15) is 141 Å². The summed E-state index contributed by atoms with van der Waals surface area (Å²) in [5.74, 6) is 5.06. The van der Waals surface area contributed by atoms with Gasteiger partial charge >= 0.3 is 5.97 Å². The second kappa shape index (κ2) is 12.3. The van der Waals surface area contributed by atoms with Crippen LogP contribution in [0.2, 0.25) is 0 Å². The number of likely N-dealkylation sites (tertiary alicyclic amines) is 1. The first kappa shape index (κ1) is 36.5. The normalized spacial score (nSPS) is 46.6. The number of nitrogens with zero attached hydrogens (tertiary/aromatic N) is 1. The Bertz CT molecular complexity index is 1620. The van der Waals surface area contributed by atoms with Crippen LogP contribution in [0.3, 0.4) is 0 Å². The first-order valence-electron chi connectivity index (χ1n) is 20.9. The van der Waals surface area contributed by atoms with Crippen molar-refractivity contribution in [3.63, 3.8) is 0 Å². The lowest BCUT2D eigenvalue weighted by molar-refractivity contribution is -0.235. The maximum absolute atomic E-state index is 12.4. The van der Waals surface area contributed by atoms with Crippen LogP contribution in [0, 0.1) is 57.2 Å². The molecule has 12 atom stereocenters. The molecule has 7 fully saturated rings. The molecule has 7 aliphatic rings. The molecule has 0 amide bonds. The van der Waals surface area contributed by atoms with Crippen molar-refractivity contribution in [2.75, 3.05) is 32.5 Å². The van der Waals surface area contributed by atoms with E-state index in [9.17, 15) is 13.2 Å². The Morgan fingerprint density at radius 3 is 2.29 bits per heavy atom. The van der Waals surface area contributed by atoms with Gasteiger partial charge in [-0.25, -0.2) is 13.2 Å². The number of carbonyl (C=O) groups excluding carboxylic acids is 1. The molecule has 0 aromatic heterocycles. The minimum Gasteiger partial charge on any atom is -0.465 e. The predicted molar refractivity (Wildman–Crippen MR) is 205 cm³/mol. The summed E-state index contributed by atoms with van der Waals surface area (Å²) in [4.78, 5) is 14.7. The van der Waals surface area contributed by atoms with Crippen molar-refractivity contribution in [1.82, 2.24) is 10.2 Å². The van der Waals surface area contributed by atoms with Gasteiger partial charge in [0.25, 0.3) is 0 Å². The third kappa shape index (κ3) is 5.25. The largest absolute Gasteiger partial charge is 0.465 e. The zero-order chi connectivity index (χ0) is 36.4. The van der Waals surface area contributed by atoms with E-state index in [1.54, 1.807) is 0 Å². The second-order valence-corrected chi connectivity index (χ2v) is 22.9. The number of fused-ring (bicyclic) bond motifs is 9. The minimum absolute atomic E-state index is 0.117. The van der Waals surface area contributed by atoms with Crippen molar-refractivity contribution in [3.05, 3.63) is 35.4 Å². The fourth-order valence-electron chi connectivity index (χ4n) is 15.8. The van der Waals surface area contributed by atoms with Gasteiger partial charge in [-0.15, -0.1) is 0 Å². The molecular weight excluding hydrogens is 653 g/mol. The van der Waals surface area contributed by atoms with Gasteiger partial charge in [-0.1, -0.05) is 60.6 Å².